The zero-order valence-electron chi connectivity index (χ0n) is 14.9. The van der Waals surface area contributed by atoms with Crippen molar-refractivity contribution < 1.29 is 14.6 Å². The fourth-order valence-corrected chi connectivity index (χ4v) is 4.04. The zero-order chi connectivity index (χ0) is 18.1. The van der Waals surface area contributed by atoms with Crippen molar-refractivity contribution in [3.63, 3.8) is 0 Å². The summed E-state index contributed by atoms with van der Waals surface area (Å²) in [7, 11) is 1.58. The number of hydrogen-bond donors (Lipinski definition) is 2. The third-order valence-corrected chi connectivity index (χ3v) is 5.18. The van der Waals surface area contributed by atoms with E-state index in [4.69, 9.17) is 4.74 Å². The molecule has 26 heavy (non-hydrogen) atoms. The summed E-state index contributed by atoms with van der Waals surface area (Å²) in [5.74, 6) is -1.03. The Hall–Kier alpha value is -2.44. The summed E-state index contributed by atoms with van der Waals surface area (Å²) in [5.41, 5.74) is 3.78. The van der Waals surface area contributed by atoms with Gasteiger partial charge in [-0.25, -0.2) is 9.78 Å². The fraction of sp³-hybridized carbons (Fsp3) is 0.400. The van der Waals surface area contributed by atoms with Gasteiger partial charge in [-0.1, -0.05) is 18.6 Å². The van der Waals surface area contributed by atoms with E-state index in [1.54, 1.807) is 13.3 Å². The molecule has 1 aromatic carbocycles. The van der Waals surface area contributed by atoms with Crippen LogP contribution in [0.4, 0.5) is 0 Å². The molecule has 6 heteroatoms. The molecule has 3 heterocycles. The van der Waals surface area contributed by atoms with E-state index in [9.17, 15) is 9.90 Å². The largest absolute Gasteiger partial charge is 0.477 e. The summed E-state index contributed by atoms with van der Waals surface area (Å²) < 4.78 is 5.31. The number of likely N-dealkylation sites (tertiary alicyclic amines) is 1. The molecule has 0 bridgehead atoms. The minimum absolute atomic E-state index is 0.0630. The molecule has 0 saturated carbocycles. The molecule has 0 atom stereocenters. The molecule has 0 amide bonds. The summed E-state index contributed by atoms with van der Waals surface area (Å²) >= 11 is 0. The molecule has 136 valence electrons. The monoisotopic (exact) mass is 353 g/mol. The summed E-state index contributed by atoms with van der Waals surface area (Å²) in [5, 5.41) is 11.6. The van der Waals surface area contributed by atoms with Crippen molar-refractivity contribution in [1.29, 1.82) is 0 Å². The maximum atomic E-state index is 11.7. The van der Waals surface area contributed by atoms with E-state index in [0.717, 1.165) is 41.4 Å². The fourth-order valence-electron chi connectivity index (χ4n) is 4.04. The maximum Gasteiger partial charge on any atom is 0.354 e. The number of carboxylic acids is 1. The number of carboxylic acid groups (broad SMARTS) is 1. The number of H-pyrrole nitrogens is 1. The predicted molar refractivity (Wildman–Crippen MR) is 100 cm³/mol. The summed E-state index contributed by atoms with van der Waals surface area (Å²) in [6, 6.07) is 6.23. The lowest BCUT2D eigenvalue weighted by atomic mass is 10.0. The van der Waals surface area contributed by atoms with Gasteiger partial charge in [0.2, 0.25) is 0 Å². The molecule has 2 N–H and O–H groups in total. The van der Waals surface area contributed by atoms with E-state index < -0.39 is 5.97 Å². The van der Waals surface area contributed by atoms with Crippen molar-refractivity contribution in [2.45, 2.75) is 32.4 Å². The number of hydrogen-bond acceptors (Lipinski definition) is 4. The highest BCUT2D eigenvalue weighted by Gasteiger charge is 2.21. The van der Waals surface area contributed by atoms with Crippen molar-refractivity contribution in [2.24, 2.45) is 0 Å². The van der Waals surface area contributed by atoms with Crippen LogP contribution in [0.3, 0.4) is 0 Å². The summed E-state index contributed by atoms with van der Waals surface area (Å²) in [6.45, 7) is 3.33. The second-order valence-corrected chi connectivity index (χ2v) is 6.91. The third-order valence-electron chi connectivity index (χ3n) is 5.18. The predicted octanol–water partition coefficient (Wildman–Crippen LogP) is 3.55. The molecule has 6 nitrogen and oxygen atoms in total. The lowest BCUT2D eigenvalue weighted by molar-refractivity contribution is 0.0685. The van der Waals surface area contributed by atoms with Crippen LogP contribution in [0, 0.1) is 0 Å². The van der Waals surface area contributed by atoms with Crippen LogP contribution >= 0.6 is 0 Å². The van der Waals surface area contributed by atoms with Gasteiger partial charge in [-0.2, -0.15) is 0 Å². The van der Waals surface area contributed by atoms with Crippen LogP contribution in [0.1, 0.15) is 40.9 Å². The minimum atomic E-state index is -1.03. The highest BCUT2D eigenvalue weighted by atomic mass is 16.5. The number of nitrogens with one attached hydrogen (secondary N) is 1. The highest BCUT2D eigenvalue weighted by Crippen LogP contribution is 2.33. The Kier molecular flexibility index (Phi) is 4.61. The quantitative estimate of drug-likeness (QED) is 0.733. The molecule has 4 rings (SSSR count). The topological polar surface area (TPSA) is 78.5 Å². The smallest absolute Gasteiger partial charge is 0.354 e. The van der Waals surface area contributed by atoms with Crippen LogP contribution in [0.2, 0.25) is 0 Å². The van der Waals surface area contributed by atoms with Gasteiger partial charge in [-0.15, -0.1) is 0 Å². The number of fused-ring (bicyclic) bond motifs is 3. The average Bonchev–Trinajstić information content (AvgIpc) is 3.03. The van der Waals surface area contributed by atoms with Crippen molar-refractivity contribution >= 4 is 27.8 Å². The number of nitrogens with zero attached hydrogens (tertiary/aromatic N) is 2. The Morgan fingerprint density at radius 2 is 2.04 bits per heavy atom. The van der Waals surface area contributed by atoms with Crippen molar-refractivity contribution in [1.82, 2.24) is 14.9 Å². The summed E-state index contributed by atoms with van der Waals surface area (Å²) in [6.07, 6.45) is 5.40. The van der Waals surface area contributed by atoms with Crippen LogP contribution in [0.25, 0.3) is 21.8 Å². The SMILES string of the molecule is COCc1c(C(=O)O)ncc2[nH]c3cccc(CN4CCCCC4)c3c12. The van der Waals surface area contributed by atoms with Gasteiger partial charge < -0.3 is 14.8 Å². The Morgan fingerprint density at radius 3 is 2.77 bits per heavy atom. The molecule has 1 aliphatic heterocycles. The Balaban J connectivity index is 1.92. The van der Waals surface area contributed by atoms with Crippen molar-refractivity contribution in [3.8, 4) is 0 Å². The number of aromatic nitrogens is 2. The molecule has 3 aromatic rings. The number of pyridine rings is 1. The molecule has 1 fully saturated rings. The van der Waals surface area contributed by atoms with E-state index in [1.165, 1.54) is 24.8 Å². The maximum absolute atomic E-state index is 11.7. The van der Waals surface area contributed by atoms with Crippen LogP contribution < -0.4 is 0 Å². The van der Waals surface area contributed by atoms with E-state index in [0.29, 0.717) is 5.56 Å². The van der Waals surface area contributed by atoms with E-state index in [-0.39, 0.29) is 12.3 Å². The van der Waals surface area contributed by atoms with Gasteiger partial charge in [0.15, 0.2) is 5.69 Å². The molecule has 1 aliphatic rings. The van der Waals surface area contributed by atoms with Crippen molar-refractivity contribution in [2.75, 3.05) is 20.2 Å². The number of aromatic carboxylic acids is 1. The first kappa shape index (κ1) is 17.0. The normalized spacial score (nSPS) is 15.7. The second-order valence-electron chi connectivity index (χ2n) is 6.91. The number of aromatic amines is 1. The molecule has 0 radical (unpaired) electrons. The molecule has 0 unspecified atom stereocenters. The molecule has 0 aliphatic carbocycles. The van der Waals surface area contributed by atoms with Gasteiger partial charge in [0.05, 0.1) is 18.3 Å². The van der Waals surface area contributed by atoms with Gasteiger partial charge >= 0.3 is 5.97 Å². The van der Waals surface area contributed by atoms with Gasteiger partial charge in [-0.3, -0.25) is 4.90 Å². The third kappa shape index (κ3) is 2.95. The van der Waals surface area contributed by atoms with E-state index in [2.05, 4.69) is 27.0 Å². The first-order chi connectivity index (χ1) is 12.7. The Bertz CT molecular complexity index is 958. The van der Waals surface area contributed by atoms with E-state index >= 15 is 0 Å². The number of piperidine rings is 1. The molecule has 1 saturated heterocycles. The zero-order valence-corrected chi connectivity index (χ0v) is 14.9. The number of benzene rings is 1. The van der Waals surface area contributed by atoms with E-state index in [1.807, 2.05) is 6.07 Å². The number of ether oxygens (including phenoxy) is 1. The lowest BCUT2D eigenvalue weighted by Gasteiger charge is -2.26. The van der Waals surface area contributed by atoms with Crippen LogP contribution in [-0.2, 0) is 17.9 Å². The van der Waals surface area contributed by atoms with Crippen molar-refractivity contribution in [3.05, 3.63) is 41.2 Å². The molecular formula is C20H23N3O3. The van der Waals surface area contributed by atoms with Crippen LogP contribution in [0.5, 0.6) is 0 Å². The number of rotatable bonds is 5. The minimum Gasteiger partial charge on any atom is -0.477 e. The van der Waals surface area contributed by atoms with Gasteiger partial charge in [-0.05, 0) is 37.6 Å². The summed E-state index contributed by atoms with van der Waals surface area (Å²) in [4.78, 5) is 21.7. The second kappa shape index (κ2) is 7.05. The average molecular weight is 353 g/mol. The molecule has 0 spiro atoms. The number of methoxy groups -OCH3 is 1. The number of carbonyl (C=O) groups is 1. The van der Waals surface area contributed by atoms with Gasteiger partial charge in [0.1, 0.15) is 0 Å². The Labute approximate surface area is 151 Å². The standard InChI is InChI=1S/C20H23N3O3/c1-26-12-14-18-16(10-21-19(14)20(24)25)22-15-7-5-6-13(17(15)18)11-23-8-3-2-4-9-23/h5-7,10,22H,2-4,8-9,11-12H2,1H3,(H,24,25). The van der Waals surface area contributed by atoms with Crippen LogP contribution in [0.15, 0.2) is 24.4 Å². The van der Waals surface area contributed by atoms with Gasteiger partial charge in [0.25, 0.3) is 0 Å². The molecular weight excluding hydrogens is 330 g/mol. The van der Waals surface area contributed by atoms with Gasteiger partial charge in [0, 0.05) is 35.5 Å². The van der Waals surface area contributed by atoms with Crippen LogP contribution in [-0.4, -0.2) is 46.1 Å². The molecule has 2 aromatic heterocycles. The lowest BCUT2D eigenvalue weighted by Crippen LogP contribution is -2.29. The Morgan fingerprint density at radius 1 is 1.23 bits per heavy atom. The first-order valence-electron chi connectivity index (χ1n) is 9.04. The first-order valence-corrected chi connectivity index (χ1v) is 9.04. The highest BCUT2D eigenvalue weighted by molar-refractivity contribution is 6.12.